The highest BCUT2D eigenvalue weighted by molar-refractivity contribution is 5.88. The molecule has 6 heteroatoms. The second-order valence-electron chi connectivity index (χ2n) is 3.41. The monoisotopic (exact) mass is 225 g/mol. The fourth-order valence-electron chi connectivity index (χ4n) is 1.15. The average molecular weight is 225 g/mol. The van der Waals surface area contributed by atoms with E-state index in [2.05, 4.69) is 0 Å². The molecule has 0 saturated carbocycles. The Kier molecular flexibility index (Phi) is 3.44. The Morgan fingerprint density at radius 2 is 2.12 bits per heavy atom. The van der Waals surface area contributed by atoms with Gasteiger partial charge in [-0.15, -0.1) is 0 Å². The number of nitrogens with zero attached hydrogens (tertiary/aromatic N) is 1. The largest absolute Gasteiger partial charge is 0.484 e. The maximum Gasteiger partial charge on any atom is 0.335 e. The van der Waals surface area contributed by atoms with Gasteiger partial charge < -0.3 is 9.84 Å². The Labute approximate surface area is 91.6 Å². The number of nitro groups is 1. The lowest BCUT2D eigenvalue weighted by molar-refractivity contribution is -0.386. The number of aromatic carboxylic acids is 1. The Bertz CT molecular complexity index is 427. The fraction of sp³-hybridized carbons (Fsp3) is 0.300. The normalized spacial score (nSPS) is 10.2. The van der Waals surface area contributed by atoms with Gasteiger partial charge in [-0.1, -0.05) is 0 Å². The van der Waals surface area contributed by atoms with Crippen molar-refractivity contribution in [1.82, 2.24) is 0 Å². The van der Waals surface area contributed by atoms with Gasteiger partial charge in [-0.3, -0.25) is 10.1 Å². The van der Waals surface area contributed by atoms with E-state index in [0.717, 1.165) is 6.07 Å². The molecule has 0 saturated heterocycles. The molecule has 1 aromatic rings. The molecule has 0 spiro atoms. The number of hydrogen-bond acceptors (Lipinski definition) is 4. The van der Waals surface area contributed by atoms with Crippen LogP contribution < -0.4 is 4.74 Å². The maximum absolute atomic E-state index is 10.7. The van der Waals surface area contributed by atoms with E-state index in [1.165, 1.54) is 12.1 Å². The van der Waals surface area contributed by atoms with Crippen molar-refractivity contribution in [2.24, 2.45) is 0 Å². The quantitative estimate of drug-likeness (QED) is 0.625. The van der Waals surface area contributed by atoms with Crippen molar-refractivity contribution in [1.29, 1.82) is 0 Å². The second kappa shape index (κ2) is 4.61. The maximum atomic E-state index is 10.7. The van der Waals surface area contributed by atoms with Crippen LogP contribution in [-0.4, -0.2) is 22.1 Å². The third kappa shape index (κ3) is 2.69. The van der Waals surface area contributed by atoms with Crippen LogP contribution in [0.15, 0.2) is 18.2 Å². The molecule has 0 bridgehead atoms. The summed E-state index contributed by atoms with van der Waals surface area (Å²) in [5.41, 5.74) is -0.476. The van der Waals surface area contributed by atoms with Crippen LogP contribution in [0.25, 0.3) is 0 Å². The molecule has 1 aromatic carbocycles. The van der Waals surface area contributed by atoms with Crippen LogP contribution in [0.1, 0.15) is 24.2 Å². The first-order chi connectivity index (χ1) is 7.41. The van der Waals surface area contributed by atoms with Crippen LogP contribution in [0, 0.1) is 10.1 Å². The van der Waals surface area contributed by atoms with Crippen molar-refractivity contribution < 1.29 is 19.6 Å². The van der Waals surface area contributed by atoms with E-state index in [9.17, 15) is 14.9 Å². The zero-order valence-corrected chi connectivity index (χ0v) is 8.84. The fourth-order valence-corrected chi connectivity index (χ4v) is 1.15. The van der Waals surface area contributed by atoms with E-state index in [1.807, 2.05) is 0 Å². The Morgan fingerprint density at radius 1 is 1.50 bits per heavy atom. The van der Waals surface area contributed by atoms with Crippen LogP contribution in [0.3, 0.4) is 0 Å². The summed E-state index contributed by atoms with van der Waals surface area (Å²) in [7, 11) is 0. The van der Waals surface area contributed by atoms with Crippen LogP contribution in [-0.2, 0) is 0 Å². The second-order valence-corrected chi connectivity index (χ2v) is 3.41. The molecule has 1 rings (SSSR count). The van der Waals surface area contributed by atoms with Crippen LogP contribution in [0.4, 0.5) is 5.69 Å². The van der Waals surface area contributed by atoms with Crippen LogP contribution >= 0.6 is 0 Å². The van der Waals surface area contributed by atoms with E-state index in [1.54, 1.807) is 13.8 Å². The van der Waals surface area contributed by atoms with Crippen molar-refractivity contribution in [3.8, 4) is 5.75 Å². The van der Waals surface area contributed by atoms with Gasteiger partial charge in [0.1, 0.15) is 0 Å². The van der Waals surface area contributed by atoms with Crippen molar-refractivity contribution in [2.75, 3.05) is 0 Å². The van der Waals surface area contributed by atoms with Gasteiger partial charge in [-0.05, 0) is 26.0 Å². The lowest BCUT2D eigenvalue weighted by Gasteiger charge is -2.09. The number of carbonyl (C=O) groups is 1. The van der Waals surface area contributed by atoms with Crippen molar-refractivity contribution in [3.63, 3.8) is 0 Å². The molecule has 16 heavy (non-hydrogen) atoms. The van der Waals surface area contributed by atoms with Gasteiger partial charge in [-0.25, -0.2) is 4.79 Å². The standard InChI is InChI=1S/C10H11NO5/c1-6(2)16-9-4-3-7(10(12)13)5-8(9)11(14)15/h3-6H,1-2H3,(H,12,13). The number of benzene rings is 1. The van der Waals surface area contributed by atoms with E-state index < -0.39 is 10.9 Å². The number of nitro benzene ring substituents is 1. The summed E-state index contributed by atoms with van der Waals surface area (Å²) < 4.78 is 5.21. The summed E-state index contributed by atoms with van der Waals surface area (Å²) in [5, 5.41) is 19.4. The van der Waals surface area contributed by atoms with E-state index in [-0.39, 0.29) is 23.1 Å². The first-order valence-electron chi connectivity index (χ1n) is 4.60. The predicted octanol–water partition coefficient (Wildman–Crippen LogP) is 2.08. The molecule has 0 amide bonds. The third-order valence-corrected chi connectivity index (χ3v) is 1.77. The number of hydrogen-bond donors (Lipinski definition) is 1. The van der Waals surface area contributed by atoms with Crippen molar-refractivity contribution in [3.05, 3.63) is 33.9 Å². The lowest BCUT2D eigenvalue weighted by Crippen LogP contribution is -2.08. The number of carboxylic acid groups (broad SMARTS) is 1. The molecular weight excluding hydrogens is 214 g/mol. The summed E-state index contributed by atoms with van der Waals surface area (Å²) in [6.07, 6.45) is -0.214. The summed E-state index contributed by atoms with van der Waals surface area (Å²) >= 11 is 0. The number of ether oxygens (including phenoxy) is 1. The summed E-state index contributed by atoms with van der Waals surface area (Å²) in [6.45, 7) is 3.46. The minimum Gasteiger partial charge on any atom is -0.484 e. The highest BCUT2D eigenvalue weighted by Crippen LogP contribution is 2.28. The Morgan fingerprint density at radius 3 is 2.56 bits per heavy atom. The highest BCUT2D eigenvalue weighted by atomic mass is 16.6. The zero-order chi connectivity index (χ0) is 12.3. The first-order valence-corrected chi connectivity index (χ1v) is 4.60. The van der Waals surface area contributed by atoms with Gasteiger partial charge in [0.05, 0.1) is 16.6 Å². The van der Waals surface area contributed by atoms with E-state index in [0.29, 0.717) is 0 Å². The molecule has 86 valence electrons. The van der Waals surface area contributed by atoms with Gasteiger partial charge in [0, 0.05) is 6.07 Å². The van der Waals surface area contributed by atoms with Crippen molar-refractivity contribution >= 4 is 11.7 Å². The molecule has 0 unspecified atom stereocenters. The first kappa shape index (κ1) is 12.0. The minimum atomic E-state index is -1.21. The van der Waals surface area contributed by atoms with Crippen LogP contribution in [0.2, 0.25) is 0 Å². The van der Waals surface area contributed by atoms with E-state index >= 15 is 0 Å². The molecule has 0 aliphatic heterocycles. The highest BCUT2D eigenvalue weighted by Gasteiger charge is 2.19. The molecular formula is C10H11NO5. The summed E-state index contributed by atoms with van der Waals surface area (Å²) in [4.78, 5) is 20.7. The minimum absolute atomic E-state index is 0.0741. The summed E-state index contributed by atoms with van der Waals surface area (Å²) in [5.74, 6) is -1.14. The van der Waals surface area contributed by atoms with Crippen molar-refractivity contribution in [2.45, 2.75) is 20.0 Å². The van der Waals surface area contributed by atoms with Crippen LogP contribution in [0.5, 0.6) is 5.75 Å². The zero-order valence-electron chi connectivity index (χ0n) is 8.84. The SMILES string of the molecule is CC(C)Oc1ccc(C(=O)O)cc1[N+](=O)[O-]. The van der Waals surface area contributed by atoms with Gasteiger partial charge >= 0.3 is 11.7 Å². The number of rotatable bonds is 4. The van der Waals surface area contributed by atoms with Gasteiger partial charge in [0.25, 0.3) is 0 Å². The molecule has 0 heterocycles. The Balaban J connectivity index is 3.19. The summed E-state index contributed by atoms with van der Waals surface area (Å²) in [6, 6.07) is 3.55. The van der Waals surface area contributed by atoms with Gasteiger partial charge in [-0.2, -0.15) is 0 Å². The molecule has 0 aliphatic carbocycles. The predicted molar refractivity (Wildman–Crippen MR) is 55.8 cm³/mol. The number of carboxylic acids is 1. The molecule has 0 fully saturated rings. The van der Waals surface area contributed by atoms with Gasteiger partial charge in [0.15, 0.2) is 5.75 Å². The molecule has 6 nitrogen and oxygen atoms in total. The molecule has 0 aliphatic rings. The topological polar surface area (TPSA) is 89.7 Å². The lowest BCUT2D eigenvalue weighted by atomic mass is 10.2. The Hall–Kier alpha value is -2.11. The molecule has 1 N–H and O–H groups in total. The van der Waals surface area contributed by atoms with Gasteiger partial charge in [0.2, 0.25) is 0 Å². The molecule has 0 radical (unpaired) electrons. The average Bonchev–Trinajstić information content (AvgIpc) is 2.16. The molecule has 0 aromatic heterocycles. The third-order valence-electron chi connectivity index (χ3n) is 1.77. The molecule has 0 atom stereocenters. The van der Waals surface area contributed by atoms with E-state index in [4.69, 9.17) is 9.84 Å². The smallest absolute Gasteiger partial charge is 0.335 e.